The molecule has 3 aromatic carbocycles. The van der Waals surface area contributed by atoms with Crippen LogP contribution in [0.5, 0.6) is 0 Å². The molecule has 1 fully saturated rings. The monoisotopic (exact) mass is 427 g/mol. The summed E-state index contributed by atoms with van der Waals surface area (Å²) in [7, 11) is 0. The van der Waals surface area contributed by atoms with E-state index in [1.807, 2.05) is 0 Å². The highest BCUT2D eigenvalue weighted by molar-refractivity contribution is 6.09. The van der Waals surface area contributed by atoms with Crippen molar-refractivity contribution < 1.29 is 4.74 Å². The second kappa shape index (κ2) is 10.3. The van der Waals surface area contributed by atoms with Gasteiger partial charge in [0.25, 0.3) is 0 Å². The third-order valence-corrected chi connectivity index (χ3v) is 6.57. The Labute approximate surface area is 190 Å². The molecule has 1 aliphatic heterocycles. The van der Waals surface area contributed by atoms with Gasteiger partial charge in [0.1, 0.15) is 0 Å². The van der Waals surface area contributed by atoms with Crippen molar-refractivity contribution in [1.29, 1.82) is 0 Å². The minimum absolute atomic E-state index is 0.884. The first-order valence-corrected chi connectivity index (χ1v) is 11.9. The van der Waals surface area contributed by atoms with Gasteiger partial charge < -0.3 is 14.6 Å². The molecule has 2 heterocycles. The van der Waals surface area contributed by atoms with Crippen LogP contribution in [0, 0.1) is 0 Å². The van der Waals surface area contributed by atoms with Crippen molar-refractivity contribution in [2.24, 2.45) is 0 Å². The third kappa shape index (κ3) is 4.73. The fourth-order valence-electron chi connectivity index (χ4n) is 4.92. The molecule has 0 radical (unpaired) electrons. The summed E-state index contributed by atoms with van der Waals surface area (Å²) >= 11 is 0. The fraction of sp³-hybridized carbons (Fsp3) is 0.357. The molecule has 4 nitrogen and oxygen atoms in total. The topological polar surface area (TPSA) is 29.4 Å². The molecule has 1 saturated heterocycles. The first-order chi connectivity index (χ1) is 15.9. The average Bonchev–Trinajstić information content (AvgIpc) is 3.17. The van der Waals surface area contributed by atoms with E-state index in [4.69, 9.17) is 4.74 Å². The number of benzene rings is 3. The number of rotatable bonds is 9. The van der Waals surface area contributed by atoms with Crippen molar-refractivity contribution in [3.8, 4) is 0 Å². The van der Waals surface area contributed by atoms with E-state index in [-0.39, 0.29) is 0 Å². The first kappa shape index (κ1) is 21.2. The standard InChI is InChI=1S/C28H33N3O/c1-2-8-23(9-3-1)22-31-26-12-5-4-11-25(26)28-24(10-6-13-27(28)31)14-16-29-15-7-17-30-18-20-32-21-19-30/h1-6,8-13,29H,7,14-22H2. The number of nitrogens with one attached hydrogen (secondary N) is 1. The summed E-state index contributed by atoms with van der Waals surface area (Å²) in [5.41, 5.74) is 5.42. The Hall–Kier alpha value is -2.66. The lowest BCUT2D eigenvalue weighted by Gasteiger charge is -2.26. The molecule has 1 aliphatic rings. The number of ether oxygens (including phenoxy) is 1. The van der Waals surface area contributed by atoms with Crippen molar-refractivity contribution >= 4 is 21.8 Å². The molecule has 0 spiro atoms. The zero-order chi connectivity index (χ0) is 21.6. The lowest BCUT2D eigenvalue weighted by atomic mass is 10.0. The van der Waals surface area contributed by atoms with Gasteiger partial charge in [-0.1, -0.05) is 60.7 Å². The highest BCUT2D eigenvalue weighted by Gasteiger charge is 2.14. The lowest BCUT2D eigenvalue weighted by Crippen LogP contribution is -2.37. The number of fused-ring (bicyclic) bond motifs is 3. The second-order valence-corrected chi connectivity index (χ2v) is 8.71. The Morgan fingerprint density at radius 3 is 2.44 bits per heavy atom. The van der Waals surface area contributed by atoms with Crippen LogP contribution in [-0.2, 0) is 17.7 Å². The summed E-state index contributed by atoms with van der Waals surface area (Å²) in [6.45, 7) is 8.07. The van der Waals surface area contributed by atoms with Crippen molar-refractivity contribution in [3.05, 3.63) is 83.9 Å². The SMILES string of the molecule is c1ccc(Cn2c3ccccc3c3c(CCNCCCN4CCOCC4)cccc32)cc1. The van der Waals surface area contributed by atoms with Crippen LogP contribution in [-0.4, -0.2) is 55.4 Å². The predicted molar refractivity (Wildman–Crippen MR) is 133 cm³/mol. The van der Waals surface area contributed by atoms with Crippen molar-refractivity contribution in [2.45, 2.75) is 19.4 Å². The van der Waals surface area contributed by atoms with Crippen LogP contribution in [0.3, 0.4) is 0 Å². The van der Waals surface area contributed by atoms with Crippen LogP contribution < -0.4 is 5.32 Å². The van der Waals surface area contributed by atoms with E-state index in [1.54, 1.807) is 0 Å². The molecule has 0 bridgehead atoms. The number of nitrogens with zero attached hydrogens (tertiary/aromatic N) is 2. The van der Waals surface area contributed by atoms with Gasteiger partial charge in [0, 0.05) is 41.4 Å². The molecule has 0 unspecified atom stereocenters. The van der Waals surface area contributed by atoms with E-state index in [1.165, 1.54) is 45.9 Å². The summed E-state index contributed by atoms with van der Waals surface area (Å²) in [5, 5.41) is 6.44. The van der Waals surface area contributed by atoms with Crippen molar-refractivity contribution in [1.82, 2.24) is 14.8 Å². The maximum Gasteiger partial charge on any atom is 0.0594 e. The second-order valence-electron chi connectivity index (χ2n) is 8.71. The minimum atomic E-state index is 0.884. The summed E-state index contributed by atoms with van der Waals surface area (Å²) in [4.78, 5) is 2.51. The third-order valence-electron chi connectivity index (χ3n) is 6.57. The van der Waals surface area contributed by atoms with E-state index in [0.29, 0.717) is 0 Å². The molecular weight excluding hydrogens is 394 g/mol. The molecule has 32 heavy (non-hydrogen) atoms. The van der Waals surface area contributed by atoms with E-state index in [9.17, 15) is 0 Å². The van der Waals surface area contributed by atoms with Crippen molar-refractivity contribution in [3.63, 3.8) is 0 Å². The van der Waals surface area contributed by atoms with Crippen LogP contribution in [0.2, 0.25) is 0 Å². The normalized spacial score (nSPS) is 15.0. The average molecular weight is 428 g/mol. The fourth-order valence-corrected chi connectivity index (χ4v) is 4.92. The predicted octanol–water partition coefficient (Wildman–Crippen LogP) is 4.70. The number of hydrogen-bond donors (Lipinski definition) is 1. The number of aromatic nitrogens is 1. The highest BCUT2D eigenvalue weighted by atomic mass is 16.5. The molecule has 166 valence electrons. The lowest BCUT2D eigenvalue weighted by molar-refractivity contribution is 0.0375. The Morgan fingerprint density at radius 2 is 1.56 bits per heavy atom. The zero-order valence-corrected chi connectivity index (χ0v) is 18.8. The molecule has 0 aliphatic carbocycles. The van der Waals surface area contributed by atoms with Crippen LogP contribution in [0.4, 0.5) is 0 Å². The van der Waals surface area contributed by atoms with Gasteiger partial charge in [-0.25, -0.2) is 0 Å². The molecule has 0 amide bonds. The van der Waals surface area contributed by atoms with E-state index in [0.717, 1.165) is 52.4 Å². The van der Waals surface area contributed by atoms with Gasteiger partial charge in [0.2, 0.25) is 0 Å². The van der Waals surface area contributed by atoms with Gasteiger partial charge in [-0.15, -0.1) is 0 Å². The molecule has 0 saturated carbocycles. The summed E-state index contributed by atoms with van der Waals surface area (Å²) in [6.07, 6.45) is 2.24. The maximum absolute atomic E-state index is 5.44. The molecule has 4 aromatic rings. The number of para-hydroxylation sites is 1. The van der Waals surface area contributed by atoms with Gasteiger partial charge in [-0.2, -0.15) is 0 Å². The summed E-state index contributed by atoms with van der Waals surface area (Å²) in [5.74, 6) is 0. The van der Waals surface area contributed by atoms with Gasteiger partial charge in [-0.3, -0.25) is 4.90 Å². The van der Waals surface area contributed by atoms with E-state index in [2.05, 4.69) is 87.6 Å². The highest BCUT2D eigenvalue weighted by Crippen LogP contribution is 2.32. The van der Waals surface area contributed by atoms with Crippen LogP contribution in [0.25, 0.3) is 21.8 Å². The Bertz CT molecular complexity index is 1150. The molecule has 1 aromatic heterocycles. The summed E-state index contributed by atoms with van der Waals surface area (Å²) in [6, 6.07) is 26.4. The number of hydrogen-bond acceptors (Lipinski definition) is 3. The van der Waals surface area contributed by atoms with E-state index >= 15 is 0 Å². The van der Waals surface area contributed by atoms with Crippen molar-refractivity contribution in [2.75, 3.05) is 45.9 Å². The van der Waals surface area contributed by atoms with Gasteiger partial charge >= 0.3 is 0 Å². The first-order valence-electron chi connectivity index (χ1n) is 11.9. The summed E-state index contributed by atoms with van der Waals surface area (Å²) < 4.78 is 7.91. The zero-order valence-electron chi connectivity index (χ0n) is 18.8. The maximum atomic E-state index is 5.44. The molecular formula is C28H33N3O. The Kier molecular flexibility index (Phi) is 6.83. The molecule has 5 rings (SSSR count). The number of morpholine rings is 1. The molecule has 4 heteroatoms. The van der Waals surface area contributed by atoms with Crippen LogP contribution in [0.15, 0.2) is 72.8 Å². The smallest absolute Gasteiger partial charge is 0.0594 e. The van der Waals surface area contributed by atoms with E-state index < -0.39 is 0 Å². The minimum Gasteiger partial charge on any atom is -0.379 e. The van der Waals surface area contributed by atoms with Gasteiger partial charge in [0.15, 0.2) is 0 Å². The molecule has 1 N–H and O–H groups in total. The quantitative estimate of drug-likeness (QED) is 0.393. The largest absolute Gasteiger partial charge is 0.379 e. The Balaban J connectivity index is 1.29. The van der Waals surface area contributed by atoms with Gasteiger partial charge in [-0.05, 0) is 55.7 Å². The van der Waals surface area contributed by atoms with Crippen LogP contribution in [0.1, 0.15) is 17.5 Å². The molecule has 0 atom stereocenters. The van der Waals surface area contributed by atoms with Gasteiger partial charge in [0.05, 0.1) is 13.2 Å². The Morgan fingerprint density at radius 1 is 0.781 bits per heavy atom. The van der Waals surface area contributed by atoms with Crippen LogP contribution >= 0.6 is 0 Å².